The Bertz CT molecular complexity index is 757. The monoisotopic (exact) mass is 354 g/mol. The number of sulfonamides is 1. The van der Waals surface area contributed by atoms with Gasteiger partial charge in [-0.05, 0) is 18.1 Å². The number of hydrogen-bond acceptors (Lipinski definition) is 6. The summed E-state index contributed by atoms with van der Waals surface area (Å²) in [5, 5.41) is 10.7. The van der Waals surface area contributed by atoms with E-state index in [9.17, 15) is 23.3 Å². The summed E-state index contributed by atoms with van der Waals surface area (Å²) in [4.78, 5) is 22.1. The predicted octanol–water partition coefficient (Wildman–Crippen LogP) is 2.71. The first kappa shape index (κ1) is 17.9. The molecule has 2 rings (SSSR count). The van der Waals surface area contributed by atoms with Gasteiger partial charge in [-0.15, -0.1) is 6.58 Å². The van der Waals surface area contributed by atoms with Gasteiger partial charge in [0.25, 0.3) is 15.7 Å². The van der Waals surface area contributed by atoms with Crippen molar-refractivity contribution in [3.8, 4) is 0 Å². The van der Waals surface area contributed by atoms with Gasteiger partial charge in [-0.25, -0.2) is 13.2 Å². The van der Waals surface area contributed by atoms with E-state index < -0.39 is 33.2 Å². The molecule has 0 aliphatic carbocycles. The lowest BCUT2D eigenvalue weighted by Crippen LogP contribution is -2.51. The van der Waals surface area contributed by atoms with Crippen LogP contribution in [0.5, 0.6) is 0 Å². The van der Waals surface area contributed by atoms with Crippen LogP contribution in [0.15, 0.2) is 41.8 Å². The van der Waals surface area contributed by atoms with Crippen LogP contribution in [0.25, 0.3) is 0 Å². The highest BCUT2D eigenvalue weighted by atomic mass is 32.2. The molecule has 1 aliphatic heterocycles. The Balaban J connectivity index is 2.38. The van der Waals surface area contributed by atoms with Gasteiger partial charge in [0.2, 0.25) is 0 Å². The molecular weight excluding hydrogens is 336 g/mol. The Morgan fingerprint density at radius 3 is 2.42 bits per heavy atom. The molecule has 24 heavy (non-hydrogen) atoms. The molecule has 1 heterocycles. The largest absolute Gasteiger partial charge is 0.445 e. The van der Waals surface area contributed by atoms with Crippen LogP contribution < -0.4 is 0 Å². The number of benzene rings is 1. The van der Waals surface area contributed by atoms with Crippen molar-refractivity contribution >= 4 is 21.8 Å². The number of rotatable bonds is 5. The molecule has 0 saturated carbocycles. The Morgan fingerprint density at radius 1 is 1.38 bits per heavy atom. The first-order chi connectivity index (χ1) is 11.2. The van der Waals surface area contributed by atoms with Gasteiger partial charge in [0.15, 0.2) is 0 Å². The van der Waals surface area contributed by atoms with Crippen molar-refractivity contribution in [1.29, 1.82) is 0 Å². The third kappa shape index (κ3) is 3.25. The highest BCUT2D eigenvalue weighted by molar-refractivity contribution is 7.89. The Hall–Kier alpha value is -2.42. The van der Waals surface area contributed by atoms with E-state index in [-0.39, 0.29) is 16.5 Å². The van der Waals surface area contributed by atoms with Gasteiger partial charge in [0, 0.05) is 18.6 Å². The molecule has 1 aromatic rings. The van der Waals surface area contributed by atoms with E-state index in [1.165, 1.54) is 6.08 Å². The molecule has 1 aliphatic rings. The van der Waals surface area contributed by atoms with E-state index in [1.54, 1.807) is 0 Å². The first-order valence-electron chi connectivity index (χ1n) is 7.30. The first-order valence-corrected chi connectivity index (χ1v) is 8.74. The molecule has 8 nitrogen and oxygen atoms in total. The molecule has 1 saturated heterocycles. The zero-order valence-electron chi connectivity index (χ0n) is 13.3. The standard InChI is InChI=1S/C15H18N2O6S/c1-4-11-9-14(10(2)3)23-15(18)16(11)24(21,22)13-7-5-12(6-8-13)17(19)20/h4-8,10-11,14H,1,9H2,2-3H3/t11-,14-/m1/s1. The van der Waals surface area contributed by atoms with Crippen molar-refractivity contribution in [3.05, 3.63) is 47.0 Å². The van der Waals surface area contributed by atoms with Gasteiger partial charge in [0.05, 0.1) is 15.9 Å². The molecule has 2 atom stereocenters. The van der Waals surface area contributed by atoms with E-state index in [0.29, 0.717) is 10.7 Å². The number of non-ortho nitro benzene ring substituents is 1. The number of amides is 1. The SMILES string of the molecule is C=C[C@@H]1C[C@H](C(C)C)OC(=O)N1S(=O)(=O)c1ccc([N+](=O)[O-])cc1. The number of carbonyl (C=O) groups excluding carboxylic acids is 1. The highest BCUT2D eigenvalue weighted by Gasteiger charge is 2.42. The van der Waals surface area contributed by atoms with Crippen molar-refractivity contribution < 1.29 is 22.9 Å². The maximum Gasteiger partial charge on any atom is 0.424 e. The minimum atomic E-state index is -4.20. The van der Waals surface area contributed by atoms with E-state index in [2.05, 4.69) is 6.58 Å². The van der Waals surface area contributed by atoms with Crippen molar-refractivity contribution in [2.24, 2.45) is 5.92 Å². The topological polar surface area (TPSA) is 107 Å². The molecule has 0 radical (unpaired) electrons. The zero-order valence-corrected chi connectivity index (χ0v) is 14.1. The van der Waals surface area contributed by atoms with Crippen LogP contribution in [0.4, 0.5) is 10.5 Å². The lowest BCUT2D eigenvalue weighted by atomic mass is 9.98. The number of carbonyl (C=O) groups is 1. The van der Waals surface area contributed by atoms with Gasteiger partial charge in [-0.2, -0.15) is 4.31 Å². The molecule has 130 valence electrons. The molecule has 9 heteroatoms. The molecule has 0 unspecified atom stereocenters. The van der Waals surface area contributed by atoms with Gasteiger partial charge < -0.3 is 4.74 Å². The number of hydrogen-bond donors (Lipinski definition) is 0. The van der Waals surface area contributed by atoms with E-state index in [4.69, 9.17) is 4.74 Å². The van der Waals surface area contributed by atoms with Crippen LogP contribution in [-0.4, -0.2) is 35.9 Å². The lowest BCUT2D eigenvalue weighted by molar-refractivity contribution is -0.384. The second-order valence-electron chi connectivity index (χ2n) is 5.76. The van der Waals surface area contributed by atoms with Crippen molar-refractivity contribution in [3.63, 3.8) is 0 Å². The van der Waals surface area contributed by atoms with Gasteiger partial charge >= 0.3 is 6.09 Å². The van der Waals surface area contributed by atoms with Crippen molar-refractivity contribution in [1.82, 2.24) is 4.31 Å². The fourth-order valence-electron chi connectivity index (χ4n) is 2.43. The van der Waals surface area contributed by atoms with Gasteiger partial charge in [-0.3, -0.25) is 10.1 Å². The van der Waals surface area contributed by atoms with Crippen LogP contribution in [0.3, 0.4) is 0 Å². The number of nitro benzene ring substituents is 1. The van der Waals surface area contributed by atoms with Crippen LogP contribution >= 0.6 is 0 Å². The summed E-state index contributed by atoms with van der Waals surface area (Å²) in [5.74, 6) is 0.0422. The maximum absolute atomic E-state index is 12.7. The number of nitro groups is 1. The molecule has 0 N–H and O–H groups in total. The molecule has 0 bridgehead atoms. The summed E-state index contributed by atoms with van der Waals surface area (Å²) in [6.07, 6.45) is 0.324. The zero-order chi connectivity index (χ0) is 18.1. The van der Waals surface area contributed by atoms with Crippen LogP contribution in [0, 0.1) is 16.0 Å². The van der Waals surface area contributed by atoms with Crippen LogP contribution in [0.1, 0.15) is 20.3 Å². The Labute approximate surface area is 139 Å². The Kier molecular flexibility index (Phi) is 4.93. The Morgan fingerprint density at radius 2 is 1.96 bits per heavy atom. The third-order valence-electron chi connectivity index (χ3n) is 3.83. The minimum Gasteiger partial charge on any atom is -0.445 e. The van der Waals surface area contributed by atoms with Crippen LogP contribution in [-0.2, 0) is 14.8 Å². The van der Waals surface area contributed by atoms with E-state index in [0.717, 1.165) is 24.3 Å². The van der Waals surface area contributed by atoms with Gasteiger partial charge in [0.1, 0.15) is 6.10 Å². The number of cyclic esters (lactones) is 1. The molecule has 0 aromatic heterocycles. The van der Waals surface area contributed by atoms with Crippen LogP contribution in [0.2, 0.25) is 0 Å². The average Bonchev–Trinajstić information content (AvgIpc) is 2.53. The normalized spacial score (nSPS) is 21.5. The van der Waals surface area contributed by atoms with Gasteiger partial charge in [-0.1, -0.05) is 19.9 Å². The summed E-state index contributed by atoms with van der Waals surface area (Å²) in [5.41, 5.74) is -0.240. The quantitative estimate of drug-likeness (QED) is 0.457. The molecule has 0 spiro atoms. The smallest absolute Gasteiger partial charge is 0.424 e. The second kappa shape index (κ2) is 6.60. The van der Waals surface area contributed by atoms with E-state index in [1.807, 2.05) is 13.8 Å². The summed E-state index contributed by atoms with van der Waals surface area (Å²) in [6, 6.07) is 3.59. The maximum atomic E-state index is 12.7. The summed E-state index contributed by atoms with van der Waals surface area (Å²) in [7, 11) is -4.20. The highest BCUT2D eigenvalue weighted by Crippen LogP contribution is 2.30. The molecule has 1 fully saturated rings. The van der Waals surface area contributed by atoms with E-state index >= 15 is 0 Å². The summed E-state index contributed by atoms with van der Waals surface area (Å²) < 4.78 is 31.3. The summed E-state index contributed by atoms with van der Waals surface area (Å²) in [6.45, 7) is 7.35. The average molecular weight is 354 g/mol. The summed E-state index contributed by atoms with van der Waals surface area (Å²) >= 11 is 0. The minimum absolute atomic E-state index is 0.0422. The molecular formula is C15H18N2O6S. The fraction of sp³-hybridized carbons (Fsp3) is 0.400. The predicted molar refractivity (Wildman–Crippen MR) is 85.8 cm³/mol. The number of ether oxygens (including phenoxy) is 1. The third-order valence-corrected chi connectivity index (χ3v) is 5.63. The van der Waals surface area contributed by atoms with Crippen molar-refractivity contribution in [2.75, 3.05) is 0 Å². The lowest BCUT2D eigenvalue weighted by Gasteiger charge is -2.37. The van der Waals surface area contributed by atoms with Crippen molar-refractivity contribution in [2.45, 2.75) is 37.3 Å². The second-order valence-corrected chi connectivity index (χ2v) is 7.57. The fourth-order valence-corrected chi connectivity index (χ4v) is 3.90. The molecule has 1 aromatic carbocycles. The molecule has 1 amide bonds. The number of nitrogens with zero attached hydrogens (tertiary/aromatic N) is 2.